The summed E-state index contributed by atoms with van der Waals surface area (Å²) in [6.07, 6.45) is 0.354. The van der Waals surface area contributed by atoms with Crippen molar-refractivity contribution in [2.75, 3.05) is 13.7 Å². The smallest absolute Gasteiger partial charge is 0.238 e. The Bertz CT molecular complexity index is 1380. The molecule has 1 aromatic heterocycles. The molecule has 1 unspecified atom stereocenters. The van der Waals surface area contributed by atoms with Crippen molar-refractivity contribution in [3.05, 3.63) is 83.2 Å². The van der Waals surface area contributed by atoms with Gasteiger partial charge in [0, 0.05) is 27.6 Å². The summed E-state index contributed by atoms with van der Waals surface area (Å²) in [5, 5.41) is 6.47. The summed E-state index contributed by atoms with van der Waals surface area (Å²) in [5.74, 6) is 1.55. The van der Waals surface area contributed by atoms with Gasteiger partial charge in [-0.25, -0.2) is 13.6 Å². The lowest BCUT2D eigenvalue weighted by Gasteiger charge is -2.27. The number of thiophene rings is 1. The number of hydrogen-bond acceptors (Lipinski definition) is 6. The first-order valence-electron chi connectivity index (χ1n) is 10.5. The molecule has 3 aromatic carbocycles. The monoisotopic (exact) mass is 481 g/mol. The molecule has 5 rings (SSSR count). The lowest BCUT2D eigenvalue weighted by Crippen LogP contribution is -2.26. The Kier molecular flexibility index (Phi) is 5.74. The molecule has 33 heavy (non-hydrogen) atoms. The molecule has 0 fully saturated rings. The lowest BCUT2D eigenvalue weighted by atomic mass is 9.89. The van der Waals surface area contributed by atoms with Gasteiger partial charge in [0.25, 0.3) is 0 Å². The number of hydrogen-bond donors (Lipinski definition) is 1. The molecular weight excluding hydrogens is 458 g/mol. The van der Waals surface area contributed by atoms with Gasteiger partial charge in [-0.2, -0.15) is 0 Å². The van der Waals surface area contributed by atoms with Crippen LogP contribution in [0.25, 0.3) is 10.1 Å². The van der Waals surface area contributed by atoms with Crippen molar-refractivity contribution in [2.24, 2.45) is 5.14 Å². The fraction of sp³-hybridized carbons (Fsp3) is 0.200. The van der Waals surface area contributed by atoms with Crippen LogP contribution in [0.15, 0.2) is 77.7 Å². The minimum atomic E-state index is -3.84. The third kappa shape index (κ3) is 4.29. The largest absolute Gasteiger partial charge is 0.496 e. The van der Waals surface area contributed by atoms with Gasteiger partial charge in [0.1, 0.15) is 11.9 Å². The van der Waals surface area contributed by atoms with Crippen molar-refractivity contribution in [1.82, 2.24) is 0 Å². The van der Waals surface area contributed by atoms with Crippen molar-refractivity contribution in [1.29, 1.82) is 0 Å². The first-order valence-corrected chi connectivity index (χ1v) is 12.9. The van der Waals surface area contributed by atoms with E-state index in [1.54, 1.807) is 24.5 Å². The van der Waals surface area contributed by atoms with Gasteiger partial charge in [-0.1, -0.05) is 36.4 Å². The predicted octanol–water partition coefficient (Wildman–Crippen LogP) is 4.92. The van der Waals surface area contributed by atoms with E-state index in [-0.39, 0.29) is 16.9 Å². The van der Waals surface area contributed by atoms with Crippen molar-refractivity contribution < 1.29 is 22.6 Å². The molecule has 2 N–H and O–H groups in total. The second-order valence-corrected chi connectivity index (χ2v) is 10.5. The van der Waals surface area contributed by atoms with E-state index in [9.17, 15) is 8.42 Å². The van der Waals surface area contributed by atoms with E-state index in [1.165, 1.54) is 22.2 Å². The van der Waals surface area contributed by atoms with E-state index < -0.39 is 10.0 Å². The highest BCUT2D eigenvalue weighted by atomic mass is 32.2. The zero-order chi connectivity index (χ0) is 23.0. The van der Waals surface area contributed by atoms with Crippen molar-refractivity contribution in [3.63, 3.8) is 0 Å². The fourth-order valence-corrected chi connectivity index (χ4v) is 6.00. The molecule has 2 heterocycles. The van der Waals surface area contributed by atoms with Gasteiger partial charge in [-0.15, -0.1) is 11.3 Å². The number of fused-ring (bicyclic) bond motifs is 2. The number of methoxy groups -OCH3 is 1. The molecule has 0 aliphatic carbocycles. The molecule has 0 saturated carbocycles. The number of para-hydroxylation sites is 1. The Hall–Kier alpha value is -3.07. The maximum Gasteiger partial charge on any atom is 0.238 e. The molecule has 2 atom stereocenters. The summed E-state index contributed by atoms with van der Waals surface area (Å²) in [6.45, 7) is 0.377. The molecule has 8 heteroatoms. The summed E-state index contributed by atoms with van der Waals surface area (Å²) in [6, 6.07) is 22.9. The average Bonchev–Trinajstić information content (AvgIpc) is 3.11. The molecule has 170 valence electrons. The summed E-state index contributed by atoms with van der Waals surface area (Å²) in [4.78, 5) is 1.16. The van der Waals surface area contributed by atoms with E-state index in [0.717, 1.165) is 16.2 Å². The van der Waals surface area contributed by atoms with Crippen LogP contribution >= 0.6 is 11.3 Å². The molecule has 0 amide bonds. The van der Waals surface area contributed by atoms with E-state index in [1.807, 2.05) is 30.3 Å². The van der Waals surface area contributed by atoms with Gasteiger partial charge in [-0.3, -0.25) is 0 Å². The number of sulfonamides is 1. The first kappa shape index (κ1) is 21.8. The number of primary sulfonamides is 1. The molecule has 0 saturated heterocycles. The number of rotatable bonds is 5. The van der Waals surface area contributed by atoms with Crippen molar-refractivity contribution in [2.45, 2.75) is 23.3 Å². The minimum absolute atomic E-state index is 0.00548. The Morgan fingerprint density at radius 2 is 1.82 bits per heavy atom. The number of benzene rings is 3. The first-order chi connectivity index (χ1) is 15.9. The summed E-state index contributed by atoms with van der Waals surface area (Å²) in [5.41, 5.74) is 1.03. The standard InChI is InChI=1S/C25H23NO5S2/c1-29-19-8-4-3-7-18(19)25(24-14-16-6-2-5-9-23(16)32-24)21-12-13-30-22-15-17(33(26,27)28)10-11-20(22)31-21/h2-11,14-15,21,25H,12-13H2,1H3,(H2,26,27,28)/t21?,25-/m1/s1. The fourth-order valence-electron chi connectivity index (χ4n) is 4.23. The predicted molar refractivity (Wildman–Crippen MR) is 129 cm³/mol. The second-order valence-electron chi connectivity index (χ2n) is 7.85. The van der Waals surface area contributed by atoms with Crippen LogP contribution in [-0.4, -0.2) is 28.2 Å². The van der Waals surface area contributed by atoms with E-state index in [2.05, 4.69) is 24.3 Å². The third-order valence-corrected chi connectivity index (χ3v) is 7.89. The normalized spacial score (nSPS) is 16.8. The Morgan fingerprint density at radius 1 is 1.03 bits per heavy atom. The van der Waals surface area contributed by atoms with E-state index in [4.69, 9.17) is 19.3 Å². The van der Waals surface area contributed by atoms with Gasteiger partial charge >= 0.3 is 0 Å². The van der Waals surface area contributed by atoms with Gasteiger partial charge in [0.2, 0.25) is 10.0 Å². The zero-order valence-electron chi connectivity index (χ0n) is 17.9. The topological polar surface area (TPSA) is 87.9 Å². The van der Waals surface area contributed by atoms with Crippen molar-refractivity contribution >= 4 is 31.4 Å². The van der Waals surface area contributed by atoms with Crippen LogP contribution < -0.4 is 19.3 Å². The van der Waals surface area contributed by atoms with Gasteiger partial charge in [0.05, 0.1) is 24.5 Å². The van der Waals surface area contributed by atoms with Gasteiger partial charge in [0.15, 0.2) is 11.5 Å². The second kappa shape index (κ2) is 8.70. The lowest BCUT2D eigenvalue weighted by molar-refractivity contribution is 0.173. The quantitative estimate of drug-likeness (QED) is 0.437. The van der Waals surface area contributed by atoms with Gasteiger partial charge < -0.3 is 14.2 Å². The number of ether oxygens (including phenoxy) is 3. The minimum Gasteiger partial charge on any atom is -0.496 e. The molecule has 1 aliphatic rings. The van der Waals surface area contributed by atoms with E-state index in [0.29, 0.717) is 24.5 Å². The van der Waals surface area contributed by atoms with Crippen LogP contribution in [0.3, 0.4) is 0 Å². The molecule has 0 bridgehead atoms. The van der Waals surface area contributed by atoms with Gasteiger partial charge in [-0.05, 0) is 35.7 Å². The van der Waals surface area contributed by atoms with Crippen LogP contribution in [0.4, 0.5) is 0 Å². The maximum absolute atomic E-state index is 11.8. The molecule has 0 radical (unpaired) electrons. The van der Waals surface area contributed by atoms with Crippen LogP contribution in [0.2, 0.25) is 0 Å². The summed E-state index contributed by atoms with van der Waals surface area (Å²) < 4.78 is 42.8. The summed E-state index contributed by atoms with van der Waals surface area (Å²) in [7, 11) is -2.17. The average molecular weight is 482 g/mol. The highest BCUT2D eigenvalue weighted by molar-refractivity contribution is 7.89. The van der Waals surface area contributed by atoms with Crippen LogP contribution in [-0.2, 0) is 10.0 Å². The highest BCUT2D eigenvalue weighted by Crippen LogP contribution is 2.44. The van der Waals surface area contributed by atoms with Crippen LogP contribution in [0.5, 0.6) is 17.2 Å². The molecular formula is C25H23NO5S2. The van der Waals surface area contributed by atoms with Crippen LogP contribution in [0.1, 0.15) is 22.8 Å². The van der Waals surface area contributed by atoms with Crippen molar-refractivity contribution in [3.8, 4) is 17.2 Å². The maximum atomic E-state index is 11.8. The van der Waals surface area contributed by atoms with E-state index >= 15 is 0 Å². The molecule has 6 nitrogen and oxygen atoms in total. The Balaban J connectivity index is 1.61. The highest BCUT2D eigenvalue weighted by Gasteiger charge is 2.33. The Morgan fingerprint density at radius 3 is 2.61 bits per heavy atom. The molecule has 1 aliphatic heterocycles. The molecule has 0 spiro atoms. The summed E-state index contributed by atoms with van der Waals surface area (Å²) >= 11 is 1.73. The zero-order valence-corrected chi connectivity index (χ0v) is 19.6. The SMILES string of the molecule is COc1ccccc1[C@@H](c1cc2ccccc2s1)C1CCOc2cc(S(N)(=O)=O)ccc2O1. The molecule has 4 aromatic rings. The Labute approximate surface area is 196 Å². The van der Waals surface area contributed by atoms with Crippen LogP contribution in [0, 0.1) is 0 Å². The third-order valence-electron chi connectivity index (χ3n) is 5.78. The number of nitrogens with two attached hydrogens (primary N) is 1.